The van der Waals surface area contributed by atoms with Crippen LogP contribution >= 0.6 is 0 Å². The summed E-state index contributed by atoms with van der Waals surface area (Å²) in [5.74, 6) is -1.09. The van der Waals surface area contributed by atoms with E-state index in [0.29, 0.717) is 0 Å². The number of methoxy groups -OCH3 is 1. The fraction of sp³-hybridized carbons (Fsp3) is 0.733. The lowest BCUT2D eigenvalue weighted by molar-refractivity contribution is -0.151. The Balaban J connectivity index is 1.77. The molecule has 5 atom stereocenters. The summed E-state index contributed by atoms with van der Waals surface area (Å²) in [5.41, 5.74) is -0.578. The van der Waals surface area contributed by atoms with Crippen molar-refractivity contribution in [2.75, 3.05) is 13.7 Å². The van der Waals surface area contributed by atoms with Crippen molar-refractivity contribution in [2.24, 2.45) is 11.8 Å². The van der Waals surface area contributed by atoms with Crippen LogP contribution in [0.5, 0.6) is 0 Å². The molecule has 3 fully saturated rings. The molecular formula is C15H19NO4. The van der Waals surface area contributed by atoms with Gasteiger partial charge in [-0.2, -0.15) is 0 Å². The highest BCUT2D eigenvalue weighted by molar-refractivity contribution is 5.91. The number of hydrogen-bond acceptors (Lipinski definition) is 4. The van der Waals surface area contributed by atoms with Crippen LogP contribution in [-0.2, 0) is 19.1 Å². The number of nitrogens with zero attached hydrogens (tertiary/aromatic N) is 1. The highest BCUT2D eigenvalue weighted by atomic mass is 16.5. The number of amides is 1. The largest absolute Gasteiger partial charge is 0.469 e. The zero-order chi connectivity index (χ0) is 13.9. The molecule has 0 aromatic rings. The predicted molar refractivity (Wildman–Crippen MR) is 69.7 cm³/mol. The maximum atomic E-state index is 12.8. The normalized spacial score (nSPS) is 45.2. The Morgan fingerprint density at radius 3 is 3.10 bits per heavy atom. The van der Waals surface area contributed by atoms with Gasteiger partial charge in [-0.25, -0.2) is 0 Å². The Hall–Kier alpha value is -1.36. The second-order valence-electron chi connectivity index (χ2n) is 6.22. The van der Waals surface area contributed by atoms with E-state index in [-0.39, 0.29) is 29.9 Å². The van der Waals surface area contributed by atoms with E-state index in [2.05, 4.69) is 0 Å². The van der Waals surface area contributed by atoms with Crippen molar-refractivity contribution in [1.29, 1.82) is 0 Å². The average Bonchev–Trinajstić information content (AvgIpc) is 3.00. The van der Waals surface area contributed by atoms with E-state index >= 15 is 0 Å². The van der Waals surface area contributed by atoms with Crippen molar-refractivity contribution < 1.29 is 19.1 Å². The van der Waals surface area contributed by atoms with Gasteiger partial charge in [-0.1, -0.05) is 25.0 Å². The fourth-order valence-corrected chi connectivity index (χ4v) is 4.57. The second kappa shape index (κ2) is 4.07. The summed E-state index contributed by atoms with van der Waals surface area (Å²) in [6.45, 7) is 0.789. The number of fused-ring (bicyclic) bond motifs is 2. The van der Waals surface area contributed by atoms with Gasteiger partial charge in [0.05, 0.1) is 25.2 Å². The first-order chi connectivity index (χ1) is 9.69. The second-order valence-corrected chi connectivity index (χ2v) is 6.22. The van der Waals surface area contributed by atoms with Gasteiger partial charge in [0.25, 0.3) is 0 Å². The van der Waals surface area contributed by atoms with Crippen LogP contribution in [0.4, 0.5) is 0 Å². The molecule has 5 nitrogen and oxygen atoms in total. The van der Waals surface area contributed by atoms with Crippen LogP contribution in [0.25, 0.3) is 0 Å². The van der Waals surface area contributed by atoms with Gasteiger partial charge in [0.1, 0.15) is 11.5 Å². The fourth-order valence-electron chi connectivity index (χ4n) is 4.57. The van der Waals surface area contributed by atoms with Crippen LogP contribution in [0, 0.1) is 11.8 Å². The van der Waals surface area contributed by atoms with Crippen molar-refractivity contribution in [2.45, 2.75) is 43.4 Å². The first-order valence-corrected chi connectivity index (χ1v) is 7.44. The maximum Gasteiger partial charge on any atom is 0.312 e. The third kappa shape index (κ3) is 1.31. The molecule has 1 amide bonds. The Bertz CT molecular complexity index is 502. The number of ether oxygens (including phenoxy) is 2. The molecule has 4 rings (SSSR count). The number of esters is 1. The van der Waals surface area contributed by atoms with E-state index < -0.39 is 11.5 Å². The molecule has 4 aliphatic rings. The molecule has 0 aromatic carbocycles. The molecule has 20 heavy (non-hydrogen) atoms. The summed E-state index contributed by atoms with van der Waals surface area (Å²) in [6.07, 6.45) is 7.98. The minimum absolute atomic E-state index is 0.0825. The maximum absolute atomic E-state index is 12.8. The van der Waals surface area contributed by atoms with Crippen LogP contribution in [0.1, 0.15) is 25.7 Å². The van der Waals surface area contributed by atoms with Gasteiger partial charge < -0.3 is 14.4 Å². The SMILES string of the molecule is COC(=O)[C@H]1[C@H]2C(=O)N3CCCCC[C@@H]3[C@]23C=C[C@H]1O3. The minimum Gasteiger partial charge on any atom is -0.469 e. The summed E-state index contributed by atoms with van der Waals surface area (Å²) in [7, 11) is 1.38. The number of carbonyl (C=O) groups excluding carboxylic acids is 2. The first kappa shape index (κ1) is 12.4. The van der Waals surface area contributed by atoms with E-state index in [0.717, 1.165) is 32.2 Å². The molecule has 4 heterocycles. The molecular weight excluding hydrogens is 258 g/mol. The number of hydrogen-bond donors (Lipinski definition) is 0. The van der Waals surface area contributed by atoms with Gasteiger partial charge in [-0.05, 0) is 12.8 Å². The van der Waals surface area contributed by atoms with E-state index in [4.69, 9.17) is 9.47 Å². The Morgan fingerprint density at radius 2 is 2.30 bits per heavy atom. The van der Waals surface area contributed by atoms with Crippen LogP contribution in [0.3, 0.4) is 0 Å². The van der Waals surface area contributed by atoms with Gasteiger partial charge in [0, 0.05) is 6.54 Å². The molecule has 5 heteroatoms. The quantitative estimate of drug-likeness (QED) is 0.527. The lowest BCUT2D eigenvalue weighted by Gasteiger charge is -2.31. The highest BCUT2D eigenvalue weighted by Crippen LogP contribution is 2.56. The molecule has 2 bridgehead atoms. The van der Waals surface area contributed by atoms with Crippen LogP contribution in [-0.4, -0.2) is 48.2 Å². The predicted octanol–water partition coefficient (Wildman–Crippen LogP) is 0.884. The molecule has 0 aromatic heterocycles. The molecule has 0 unspecified atom stereocenters. The summed E-state index contributed by atoms with van der Waals surface area (Å²) >= 11 is 0. The van der Waals surface area contributed by atoms with Gasteiger partial charge in [-0.15, -0.1) is 0 Å². The van der Waals surface area contributed by atoms with Gasteiger partial charge in [-0.3, -0.25) is 9.59 Å². The van der Waals surface area contributed by atoms with Crippen LogP contribution in [0.2, 0.25) is 0 Å². The minimum atomic E-state index is -0.578. The average molecular weight is 277 g/mol. The standard InChI is InChI=1S/C15H19NO4/c1-19-14(18)11-9-6-7-15(20-9)10-5-3-2-4-8-16(10)13(17)12(11)15/h6-7,9-12H,2-5,8H2,1H3/t9-,10-,11-,12+,15-/m1/s1. The topological polar surface area (TPSA) is 55.8 Å². The lowest BCUT2D eigenvalue weighted by Crippen LogP contribution is -2.44. The molecule has 4 aliphatic heterocycles. The zero-order valence-corrected chi connectivity index (χ0v) is 11.6. The smallest absolute Gasteiger partial charge is 0.312 e. The van der Waals surface area contributed by atoms with Gasteiger partial charge in [0.2, 0.25) is 5.91 Å². The molecule has 0 aliphatic carbocycles. The van der Waals surface area contributed by atoms with Gasteiger partial charge >= 0.3 is 5.97 Å². The summed E-state index contributed by atoms with van der Waals surface area (Å²) in [5, 5.41) is 0. The number of carbonyl (C=O) groups is 2. The van der Waals surface area contributed by atoms with Crippen molar-refractivity contribution in [3.05, 3.63) is 12.2 Å². The van der Waals surface area contributed by atoms with Crippen LogP contribution in [0.15, 0.2) is 12.2 Å². The van der Waals surface area contributed by atoms with Gasteiger partial charge in [0.15, 0.2) is 0 Å². The molecule has 0 N–H and O–H groups in total. The van der Waals surface area contributed by atoms with E-state index in [1.54, 1.807) is 0 Å². The monoisotopic (exact) mass is 277 g/mol. The summed E-state index contributed by atoms with van der Waals surface area (Å²) < 4.78 is 11.0. The van der Waals surface area contributed by atoms with E-state index in [9.17, 15) is 9.59 Å². The van der Waals surface area contributed by atoms with E-state index in [1.165, 1.54) is 7.11 Å². The Morgan fingerprint density at radius 1 is 1.45 bits per heavy atom. The van der Waals surface area contributed by atoms with Crippen molar-refractivity contribution in [3.63, 3.8) is 0 Å². The molecule has 0 radical (unpaired) electrons. The van der Waals surface area contributed by atoms with Crippen molar-refractivity contribution >= 4 is 11.9 Å². The van der Waals surface area contributed by atoms with Crippen molar-refractivity contribution in [3.8, 4) is 0 Å². The summed E-state index contributed by atoms with van der Waals surface area (Å²) in [6, 6.07) is 0.0957. The molecule has 3 saturated heterocycles. The number of rotatable bonds is 1. The Kier molecular flexibility index (Phi) is 2.52. The lowest BCUT2D eigenvalue weighted by atomic mass is 9.74. The van der Waals surface area contributed by atoms with E-state index in [1.807, 2.05) is 17.1 Å². The zero-order valence-electron chi connectivity index (χ0n) is 11.6. The first-order valence-electron chi connectivity index (χ1n) is 7.44. The third-order valence-corrected chi connectivity index (χ3v) is 5.38. The van der Waals surface area contributed by atoms with Crippen LogP contribution < -0.4 is 0 Å². The molecule has 1 spiro atoms. The summed E-state index contributed by atoms with van der Waals surface area (Å²) in [4.78, 5) is 26.8. The molecule has 0 saturated carbocycles. The highest BCUT2D eigenvalue weighted by Gasteiger charge is 2.71. The van der Waals surface area contributed by atoms with Crippen molar-refractivity contribution in [1.82, 2.24) is 4.90 Å². The third-order valence-electron chi connectivity index (χ3n) is 5.38. The Labute approximate surface area is 117 Å². The molecule has 108 valence electrons.